The second kappa shape index (κ2) is 5.98. The Bertz CT molecular complexity index is 175. The lowest BCUT2D eigenvalue weighted by Gasteiger charge is -2.23. The molecule has 2 atom stereocenters. The van der Waals surface area contributed by atoms with E-state index >= 15 is 0 Å². The molecule has 1 fully saturated rings. The fraction of sp³-hybridized carbons (Fsp3) is 0.900. The number of hydrogen-bond acceptors (Lipinski definition) is 4. The fourth-order valence-corrected chi connectivity index (χ4v) is 1.36. The van der Waals surface area contributed by atoms with E-state index in [1.165, 1.54) is 7.11 Å². The van der Waals surface area contributed by atoms with Gasteiger partial charge in [-0.3, -0.25) is 4.79 Å². The van der Waals surface area contributed by atoms with E-state index in [0.29, 0.717) is 6.61 Å². The zero-order valence-corrected chi connectivity index (χ0v) is 8.82. The molecule has 0 unspecified atom stereocenters. The fourth-order valence-electron chi connectivity index (χ4n) is 1.36. The minimum absolute atomic E-state index is 0.129. The first kappa shape index (κ1) is 11.5. The van der Waals surface area contributed by atoms with Gasteiger partial charge in [-0.15, -0.1) is 0 Å². The Labute approximate surface area is 84.5 Å². The number of carbonyl (C=O) groups is 1. The molecule has 1 aliphatic heterocycles. The molecule has 0 aromatic rings. The van der Waals surface area contributed by atoms with Crippen LogP contribution in [0.4, 0.5) is 0 Å². The lowest BCUT2D eigenvalue weighted by molar-refractivity contribution is -0.175. The van der Waals surface area contributed by atoms with Crippen molar-refractivity contribution in [3.05, 3.63) is 0 Å². The van der Waals surface area contributed by atoms with E-state index in [-0.39, 0.29) is 18.2 Å². The molecule has 14 heavy (non-hydrogen) atoms. The summed E-state index contributed by atoms with van der Waals surface area (Å²) in [6.07, 6.45) is 3.04. The molecule has 0 aliphatic carbocycles. The molecule has 0 aromatic carbocycles. The molecule has 0 amide bonds. The molecule has 4 nitrogen and oxygen atoms in total. The Kier molecular flexibility index (Phi) is 4.90. The van der Waals surface area contributed by atoms with E-state index < -0.39 is 0 Å². The summed E-state index contributed by atoms with van der Waals surface area (Å²) in [6.45, 7) is 2.92. The van der Waals surface area contributed by atoms with Crippen molar-refractivity contribution in [3.63, 3.8) is 0 Å². The quantitative estimate of drug-likeness (QED) is 0.645. The smallest absolute Gasteiger partial charge is 0.310 e. The molecule has 1 rings (SSSR count). The van der Waals surface area contributed by atoms with E-state index in [4.69, 9.17) is 9.47 Å². The number of carbonyl (C=O) groups excluding carboxylic acids is 1. The van der Waals surface area contributed by atoms with Crippen molar-refractivity contribution in [1.82, 2.24) is 0 Å². The minimum Gasteiger partial charge on any atom is -0.469 e. The van der Waals surface area contributed by atoms with Crippen LogP contribution < -0.4 is 0 Å². The van der Waals surface area contributed by atoms with Crippen molar-refractivity contribution in [3.8, 4) is 0 Å². The van der Waals surface area contributed by atoms with Crippen LogP contribution in [0.2, 0.25) is 0 Å². The van der Waals surface area contributed by atoms with E-state index in [1.54, 1.807) is 6.92 Å². The van der Waals surface area contributed by atoms with Gasteiger partial charge < -0.3 is 14.2 Å². The number of hydrogen-bond donors (Lipinski definition) is 0. The number of ether oxygens (including phenoxy) is 3. The Hall–Kier alpha value is -0.610. The molecular weight excluding hydrogens is 184 g/mol. The molecule has 0 spiro atoms. The standard InChI is InChI=1S/C10H18O4/c1-8(10(11)12-2)7-14-9-5-3-4-6-13-9/h8-9H,3-7H2,1-2H3/t8-,9-/m0/s1. The van der Waals surface area contributed by atoms with Crippen LogP contribution in [0.1, 0.15) is 26.2 Å². The highest BCUT2D eigenvalue weighted by molar-refractivity contribution is 5.71. The summed E-state index contributed by atoms with van der Waals surface area (Å²) in [7, 11) is 1.38. The summed E-state index contributed by atoms with van der Waals surface area (Å²) >= 11 is 0. The first-order valence-electron chi connectivity index (χ1n) is 5.05. The molecule has 0 aromatic heterocycles. The summed E-state index contributed by atoms with van der Waals surface area (Å²) in [4.78, 5) is 11.0. The molecule has 0 saturated carbocycles. The largest absolute Gasteiger partial charge is 0.469 e. The van der Waals surface area contributed by atoms with Gasteiger partial charge in [0.2, 0.25) is 0 Å². The lowest BCUT2D eigenvalue weighted by atomic mass is 10.2. The summed E-state index contributed by atoms with van der Waals surface area (Å²) < 4.78 is 15.4. The first-order valence-corrected chi connectivity index (χ1v) is 5.05. The molecular formula is C10H18O4. The van der Waals surface area contributed by atoms with Crippen LogP contribution in [0.5, 0.6) is 0 Å². The van der Waals surface area contributed by atoms with Crippen molar-refractivity contribution in [2.45, 2.75) is 32.5 Å². The van der Waals surface area contributed by atoms with Crippen LogP contribution in [0.3, 0.4) is 0 Å². The highest BCUT2D eigenvalue weighted by Gasteiger charge is 2.18. The predicted molar refractivity (Wildman–Crippen MR) is 50.7 cm³/mol. The molecule has 1 aliphatic rings. The van der Waals surface area contributed by atoms with Gasteiger partial charge in [0.15, 0.2) is 6.29 Å². The van der Waals surface area contributed by atoms with Crippen LogP contribution in [0, 0.1) is 5.92 Å². The van der Waals surface area contributed by atoms with Crippen molar-refractivity contribution >= 4 is 5.97 Å². The van der Waals surface area contributed by atoms with Crippen molar-refractivity contribution < 1.29 is 19.0 Å². The summed E-state index contributed by atoms with van der Waals surface area (Å²) in [5.74, 6) is -0.452. The first-order chi connectivity index (χ1) is 6.74. The molecule has 0 radical (unpaired) electrons. The van der Waals surface area contributed by atoms with Gasteiger partial charge >= 0.3 is 5.97 Å². The highest BCUT2D eigenvalue weighted by atomic mass is 16.7. The molecule has 0 N–H and O–H groups in total. The third-order valence-corrected chi connectivity index (χ3v) is 2.27. The number of methoxy groups -OCH3 is 1. The number of esters is 1. The molecule has 82 valence electrons. The Morgan fingerprint density at radius 3 is 2.93 bits per heavy atom. The van der Waals surface area contributed by atoms with E-state index in [0.717, 1.165) is 25.9 Å². The normalized spacial score (nSPS) is 24.3. The van der Waals surface area contributed by atoms with E-state index in [9.17, 15) is 4.79 Å². The monoisotopic (exact) mass is 202 g/mol. The van der Waals surface area contributed by atoms with Crippen molar-refractivity contribution in [2.24, 2.45) is 5.92 Å². The maximum Gasteiger partial charge on any atom is 0.310 e. The van der Waals surface area contributed by atoms with Crippen molar-refractivity contribution in [1.29, 1.82) is 0 Å². The van der Waals surface area contributed by atoms with Gasteiger partial charge in [-0.05, 0) is 26.2 Å². The molecule has 1 heterocycles. The number of rotatable bonds is 4. The highest BCUT2D eigenvalue weighted by Crippen LogP contribution is 2.14. The Morgan fingerprint density at radius 2 is 2.36 bits per heavy atom. The SMILES string of the molecule is COC(=O)[C@@H](C)CO[C@H]1CCCCO1. The topological polar surface area (TPSA) is 44.8 Å². The third-order valence-electron chi connectivity index (χ3n) is 2.27. The summed E-state index contributed by atoms with van der Waals surface area (Å²) in [6, 6.07) is 0. The predicted octanol–water partition coefficient (Wildman–Crippen LogP) is 1.34. The lowest BCUT2D eigenvalue weighted by Crippen LogP contribution is -2.27. The molecule has 0 bridgehead atoms. The average Bonchev–Trinajstić information content (AvgIpc) is 2.26. The van der Waals surface area contributed by atoms with Gasteiger partial charge in [-0.1, -0.05) is 0 Å². The van der Waals surface area contributed by atoms with Gasteiger partial charge in [0, 0.05) is 6.61 Å². The second-order valence-corrected chi connectivity index (χ2v) is 3.55. The summed E-state index contributed by atoms with van der Waals surface area (Å²) in [5, 5.41) is 0. The van der Waals surface area contributed by atoms with Crippen LogP contribution >= 0.6 is 0 Å². The van der Waals surface area contributed by atoms with Gasteiger partial charge in [0.25, 0.3) is 0 Å². The van der Waals surface area contributed by atoms with Crippen molar-refractivity contribution in [2.75, 3.05) is 20.3 Å². The Balaban J connectivity index is 2.15. The van der Waals surface area contributed by atoms with Gasteiger partial charge in [-0.2, -0.15) is 0 Å². The van der Waals surface area contributed by atoms with Gasteiger partial charge in [0.05, 0.1) is 19.6 Å². The minimum atomic E-state index is -0.235. The molecule has 1 saturated heterocycles. The van der Waals surface area contributed by atoms with Crippen LogP contribution in [-0.4, -0.2) is 32.6 Å². The van der Waals surface area contributed by atoms with Gasteiger partial charge in [-0.25, -0.2) is 0 Å². The van der Waals surface area contributed by atoms with Crippen LogP contribution in [0.25, 0.3) is 0 Å². The average molecular weight is 202 g/mol. The van der Waals surface area contributed by atoms with Crippen LogP contribution in [0.15, 0.2) is 0 Å². The Morgan fingerprint density at radius 1 is 1.57 bits per heavy atom. The molecule has 4 heteroatoms. The summed E-state index contributed by atoms with van der Waals surface area (Å²) in [5.41, 5.74) is 0. The maximum atomic E-state index is 11.0. The zero-order chi connectivity index (χ0) is 10.4. The second-order valence-electron chi connectivity index (χ2n) is 3.55. The van der Waals surface area contributed by atoms with E-state index in [1.807, 2.05) is 0 Å². The maximum absolute atomic E-state index is 11.0. The zero-order valence-electron chi connectivity index (χ0n) is 8.82. The van der Waals surface area contributed by atoms with E-state index in [2.05, 4.69) is 4.74 Å². The third kappa shape index (κ3) is 3.64. The van der Waals surface area contributed by atoms with Gasteiger partial charge in [0.1, 0.15) is 0 Å². The van der Waals surface area contributed by atoms with Crippen LogP contribution in [-0.2, 0) is 19.0 Å².